The zero-order valence-electron chi connectivity index (χ0n) is 17.5. The highest BCUT2D eigenvalue weighted by Gasteiger charge is 2.24. The van der Waals surface area contributed by atoms with Crippen molar-refractivity contribution in [2.45, 2.75) is 13.0 Å². The molecule has 31 heavy (non-hydrogen) atoms. The van der Waals surface area contributed by atoms with Gasteiger partial charge in [-0.05, 0) is 55.5 Å². The first-order chi connectivity index (χ1) is 15.0. The summed E-state index contributed by atoms with van der Waals surface area (Å²) in [4.78, 5) is 25.1. The quantitative estimate of drug-likeness (QED) is 0.532. The number of para-hydroxylation sites is 1. The molecule has 7 heteroatoms. The first kappa shape index (κ1) is 21.7. The van der Waals surface area contributed by atoms with Gasteiger partial charge in [-0.1, -0.05) is 24.3 Å². The maximum Gasteiger partial charge on any atom is 0.346 e. The number of anilines is 1. The number of amides is 1. The second-order valence-electron chi connectivity index (χ2n) is 6.51. The lowest BCUT2D eigenvalue weighted by atomic mass is 10.1. The van der Waals surface area contributed by atoms with E-state index in [4.69, 9.17) is 18.9 Å². The molecule has 3 aromatic carbocycles. The van der Waals surface area contributed by atoms with E-state index in [0.717, 1.165) is 0 Å². The number of hydrogen-bond donors (Lipinski definition) is 1. The Hall–Kier alpha value is -4.00. The molecule has 0 saturated carbocycles. The topological polar surface area (TPSA) is 83.1 Å². The van der Waals surface area contributed by atoms with Crippen molar-refractivity contribution in [3.05, 3.63) is 78.4 Å². The highest BCUT2D eigenvalue weighted by molar-refractivity contribution is 5.99. The Kier molecular flexibility index (Phi) is 7.11. The van der Waals surface area contributed by atoms with Gasteiger partial charge in [0, 0.05) is 5.69 Å². The minimum Gasteiger partial charge on any atom is -0.496 e. The number of nitrogens with one attached hydrogen (secondary N) is 1. The number of carbonyl (C=O) groups excluding carboxylic acids is 2. The van der Waals surface area contributed by atoms with Gasteiger partial charge < -0.3 is 24.3 Å². The van der Waals surface area contributed by atoms with Gasteiger partial charge in [-0.15, -0.1) is 0 Å². The van der Waals surface area contributed by atoms with Crippen LogP contribution in [0.25, 0.3) is 0 Å². The largest absolute Gasteiger partial charge is 0.496 e. The molecule has 0 bridgehead atoms. The highest BCUT2D eigenvalue weighted by Crippen LogP contribution is 2.29. The zero-order valence-corrected chi connectivity index (χ0v) is 17.5. The Morgan fingerprint density at radius 2 is 1.35 bits per heavy atom. The zero-order chi connectivity index (χ0) is 22.2. The second kappa shape index (κ2) is 10.2. The molecule has 0 saturated heterocycles. The van der Waals surface area contributed by atoms with Gasteiger partial charge in [0.1, 0.15) is 28.6 Å². The van der Waals surface area contributed by atoms with E-state index in [1.807, 2.05) is 30.3 Å². The van der Waals surface area contributed by atoms with Gasteiger partial charge >= 0.3 is 5.97 Å². The van der Waals surface area contributed by atoms with Gasteiger partial charge in [-0.25, -0.2) is 4.79 Å². The smallest absolute Gasteiger partial charge is 0.346 e. The Balaban J connectivity index is 1.61. The van der Waals surface area contributed by atoms with Gasteiger partial charge in [-0.3, -0.25) is 4.79 Å². The molecule has 160 valence electrons. The van der Waals surface area contributed by atoms with Crippen LogP contribution in [-0.2, 0) is 9.53 Å². The molecule has 0 aliphatic heterocycles. The predicted molar refractivity (Wildman–Crippen MR) is 116 cm³/mol. The molecule has 1 N–H and O–H groups in total. The maximum absolute atomic E-state index is 12.6. The van der Waals surface area contributed by atoms with E-state index in [1.54, 1.807) is 42.5 Å². The summed E-state index contributed by atoms with van der Waals surface area (Å²) in [5.41, 5.74) is 0.665. The lowest BCUT2D eigenvalue weighted by molar-refractivity contribution is -0.123. The molecule has 0 aliphatic carbocycles. The lowest BCUT2D eigenvalue weighted by Gasteiger charge is -2.16. The summed E-state index contributed by atoms with van der Waals surface area (Å²) in [5.74, 6) is 0.748. The van der Waals surface area contributed by atoms with Crippen molar-refractivity contribution in [1.29, 1.82) is 0 Å². The van der Waals surface area contributed by atoms with Crippen molar-refractivity contribution in [3.8, 4) is 23.0 Å². The fraction of sp³-hybridized carbons (Fsp3) is 0.167. The summed E-state index contributed by atoms with van der Waals surface area (Å²) >= 11 is 0. The van der Waals surface area contributed by atoms with Crippen molar-refractivity contribution in [2.75, 3.05) is 19.5 Å². The molecule has 1 amide bonds. The number of benzene rings is 3. The molecule has 3 rings (SSSR count). The third-order valence-corrected chi connectivity index (χ3v) is 4.39. The van der Waals surface area contributed by atoms with Gasteiger partial charge in [0.2, 0.25) is 0 Å². The molecule has 0 aromatic heterocycles. The fourth-order valence-corrected chi connectivity index (χ4v) is 2.80. The number of methoxy groups -OCH3 is 2. The van der Waals surface area contributed by atoms with Crippen molar-refractivity contribution in [3.63, 3.8) is 0 Å². The Labute approximate surface area is 180 Å². The van der Waals surface area contributed by atoms with E-state index < -0.39 is 18.0 Å². The SMILES string of the molecule is COc1cccc(OC)c1C(=O)OC(C)C(=O)Nc1ccc(Oc2ccccc2)cc1. The summed E-state index contributed by atoms with van der Waals surface area (Å²) in [6.45, 7) is 1.49. The van der Waals surface area contributed by atoms with E-state index in [1.165, 1.54) is 21.1 Å². The number of carbonyl (C=O) groups is 2. The van der Waals surface area contributed by atoms with Crippen LogP contribution in [0.4, 0.5) is 5.69 Å². The maximum atomic E-state index is 12.6. The Morgan fingerprint density at radius 3 is 1.94 bits per heavy atom. The summed E-state index contributed by atoms with van der Waals surface area (Å²) < 4.78 is 21.5. The van der Waals surface area contributed by atoms with Crippen LogP contribution in [0.15, 0.2) is 72.8 Å². The average molecular weight is 421 g/mol. The van der Waals surface area contributed by atoms with E-state index in [0.29, 0.717) is 28.7 Å². The van der Waals surface area contributed by atoms with Gasteiger partial charge in [0.05, 0.1) is 14.2 Å². The summed E-state index contributed by atoms with van der Waals surface area (Å²) in [6.07, 6.45) is -1.04. The molecule has 1 atom stereocenters. The predicted octanol–water partition coefficient (Wildman–Crippen LogP) is 4.68. The molecule has 0 radical (unpaired) electrons. The third kappa shape index (κ3) is 5.54. The molecule has 0 aliphatic rings. The normalized spacial score (nSPS) is 11.2. The van der Waals surface area contributed by atoms with Crippen LogP contribution in [0, 0.1) is 0 Å². The van der Waals surface area contributed by atoms with E-state index in [-0.39, 0.29) is 5.56 Å². The Bertz CT molecular complexity index is 1010. The Morgan fingerprint density at radius 1 is 0.774 bits per heavy atom. The minimum absolute atomic E-state index is 0.120. The van der Waals surface area contributed by atoms with Gasteiger partial charge in [0.25, 0.3) is 5.91 Å². The van der Waals surface area contributed by atoms with E-state index >= 15 is 0 Å². The summed E-state index contributed by atoms with van der Waals surface area (Å²) in [7, 11) is 2.87. The van der Waals surface area contributed by atoms with Crippen LogP contribution >= 0.6 is 0 Å². The van der Waals surface area contributed by atoms with Crippen LogP contribution < -0.4 is 19.5 Å². The number of esters is 1. The van der Waals surface area contributed by atoms with Crippen LogP contribution in [0.2, 0.25) is 0 Å². The monoisotopic (exact) mass is 421 g/mol. The number of rotatable bonds is 8. The molecule has 7 nitrogen and oxygen atoms in total. The minimum atomic E-state index is -1.04. The van der Waals surface area contributed by atoms with Crippen molar-refractivity contribution in [2.24, 2.45) is 0 Å². The first-order valence-electron chi connectivity index (χ1n) is 9.57. The third-order valence-electron chi connectivity index (χ3n) is 4.39. The van der Waals surface area contributed by atoms with Crippen LogP contribution in [0.1, 0.15) is 17.3 Å². The van der Waals surface area contributed by atoms with Crippen molar-refractivity contribution in [1.82, 2.24) is 0 Å². The van der Waals surface area contributed by atoms with Crippen LogP contribution in [-0.4, -0.2) is 32.2 Å². The first-order valence-corrected chi connectivity index (χ1v) is 9.57. The van der Waals surface area contributed by atoms with E-state index in [9.17, 15) is 9.59 Å². The molecular formula is C24H23NO6. The molecule has 0 spiro atoms. The van der Waals surface area contributed by atoms with Crippen molar-refractivity contribution < 1.29 is 28.5 Å². The number of hydrogen-bond acceptors (Lipinski definition) is 6. The van der Waals surface area contributed by atoms with Crippen LogP contribution in [0.3, 0.4) is 0 Å². The molecular weight excluding hydrogens is 398 g/mol. The molecule has 3 aromatic rings. The molecule has 1 unspecified atom stereocenters. The van der Waals surface area contributed by atoms with Crippen LogP contribution in [0.5, 0.6) is 23.0 Å². The van der Waals surface area contributed by atoms with E-state index in [2.05, 4.69) is 5.32 Å². The van der Waals surface area contributed by atoms with Gasteiger partial charge in [-0.2, -0.15) is 0 Å². The number of ether oxygens (including phenoxy) is 4. The van der Waals surface area contributed by atoms with Gasteiger partial charge in [0.15, 0.2) is 6.10 Å². The average Bonchev–Trinajstić information content (AvgIpc) is 2.80. The standard InChI is InChI=1S/C24H23NO6/c1-16(30-24(27)22-20(28-2)10-7-11-21(22)29-3)23(26)25-17-12-14-19(15-13-17)31-18-8-5-4-6-9-18/h4-16H,1-3H3,(H,25,26). The molecule has 0 heterocycles. The fourth-order valence-electron chi connectivity index (χ4n) is 2.80. The lowest BCUT2D eigenvalue weighted by Crippen LogP contribution is -2.30. The second-order valence-corrected chi connectivity index (χ2v) is 6.51. The summed E-state index contributed by atoms with van der Waals surface area (Å²) in [6, 6.07) is 21.2. The highest BCUT2D eigenvalue weighted by atomic mass is 16.6. The summed E-state index contributed by atoms with van der Waals surface area (Å²) in [5, 5.41) is 2.71. The van der Waals surface area contributed by atoms with Crippen molar-refractivity contribution >= 4 is 17.6 Å². The molecule has 0 fully saturated rings.